The van der Waals surface area contributed by atoms with Crippen molar-refractivity contribution in [2.45, 2.75) is 12.3 Å². The first kappa shape index (κ1) is 13.2. The molecule has 58 valence electrons. The molecule has 0 aromatic rings. The number of primary amides is 1. The third-order valence-corrected chi connectivity index (χ3v) is 1.37. The van der Waals surface area contributed by atoms with E-state index >= 15 is 0 Å². The van der Waals surface area contributed by atoms with Crippen molar-refractivity contribution >= 4 is 54.8 Å². The van der Waals surface area contributed by atoms with Crippen molar-refractivity contribution in [2.75, 3.05) is 0 Å². The summed E-state index contributed by atoms with van der Waals surface area (Å²) in [6, 6.07) is -0.801. The molecule has 4 N–H and O–H groups in total. The fourth-order valence-electron chi connectivity index (χ4n) is 0.251. The summed E-state index contributed by atoms with van der Waals surface area (Å²) >= 11 is -2.04. The third kappa shape index (κ3) is 6.76. The molecule has 0 saturated carbocycles. The number of urea groups is 1. The number of carbonyl (C=O) groups is 1. The van der Waals surface area contributed by atoms with Gasteiger partial charge < -0.3 is 15.6 Å². The van der Waals surface area contributed by atoms with Gasteiger partial charge in [0.15, 0.2) is 11.1 Å². The van der Waals surface area contributed by atoms with Crippen molar-refractivity contribution in [2.24, 2.45) is 5.73 Å². The molecule has 10 heavy (non-hydrogen) atoms. The predicted molar refractivity (Wildman–Crippen MR) is 41.5 cm³/mol. The van der Waals surface area contributed by atoms with Crippen LogP contribution >= 0.6 is 0 Å². The molecular formula is C3H10CaN2O3S. The Balaban J connectivity index is 0. The van der Waals surface area contributed by atoms with Gasteiger partial charge in [-0.3, -0.25) is 0 Å². The van der Waals surface area contributed by atoms with Crippen LogP contribution < -0.4 is 11.1 Å². The Kier molecular flexibility index (Phi) is 8.42. The SMILES string of the molecule is CC(NC(N)=O)S(=O)O.[CaH2]. The molecule has 2 amide bonds. The molecule has 0 spiro atoms. The van der Waals surface area contributed by atoms with Gasteiger partial charge in [0, 0.05) is 0 Å². The van der Waals surface area contributed by atoms with E-state index in [1.165, 1.54) is 6.92 Å². The molecule has 0 fully saturated rings. The fraction of sp³-hybridized carbons (Fsp3) is 0.667. The van der Waals surface area contributed by atoms with E-state index in [0.717, 1.165) is 0 Å². The summed E-state index contributed by atoms with van der Waals surface area (Å²) in [7, 11) is 0. The second-order valence-corrected chi connectivity index (χ2v) is 2.69. The average molecular weight is 194 g/mol. The van der Waals surface area contributed by atoms with E-state index in [2.05, 4.69) is 5.73 Å². The van der Waals surface area contributed by atoms with Gasteiger partial charge in [-0.1, -0.05) is 0 Å². The van der Waals surface area contributed by atoms with Crippen LogP contribution in [0.5, 0.6) is 0 Å². The number of carbonyl (C=O) groups excluding carboxylic acids is 1. The van der Waals surface area contributed by atoms with E-state index in [0.29, 0.717) is 0 Å². The van der Waals surface area contributed by atoms with Crippen LogP contribution in [0.4, 0.5) is 4.79 Å². The van der Waals surface area contributed by atoms with E-state index in [1.807, 2.05) is 5.32 Å². The van der Waals surface area contributed by atoms with Gasteiger partial charge in [-0.05, 0) is 6.92 Å². The van der Waals surface area contributed by atoms with Crippen LogP contribution in [0.2, 0.25) is 0 Å². The maximum atomic E-state index is 10.1. The zero-order chi connectivity index (χ0) is 7.44. The number of hydrogen-bond donors (Lipinski definition) is 3. The summed E-state index contributed by atoms with van der Waals surface area (Å²) in [5.41, 5.74) is 4.64. The number of hydrogen-bond acceptors (Lipinski definition) is 2. The van der Waals surface area contributed by atoms with E-state index in [-0.39, 0.29) is 37.7 Å². The molecule has 0 radical (unpaired) electrons. The van der Waals surface area contributed by atoms with Gasteiger partial charge >= 0.3 is 43.8 Å². The first-order valence-electron chi connectivity index (χ1n) is 2.19. The molecular weight excluding hydrogens is 184 g/mol. The Morgan fingerprint density at radius 2 is 2.20 bits per heavy atom. The van der Waals surface area contributed by atoms with E-state index in [4.69, 9.17) is 4.55 Å². The molecule has 2 unspecified atom stereocenters. The van der Waals surface area contributed by atoms with Gasteiger partial charge in [-0.15, -0.1) is 0 Å². The van der Waals surface area contributed by atoms with Crippen molar-refractivity contribution in [3.63, 3.8) is 0 Å². The topological polar surface area (TPSA) is 92.4 Å². The number of nitrogens with two attached hydrogens (primary N) is 1. The van der Waals surface area contributed by atoms with Crippen LogP contribution in [0.15, 0.2) is 0 Å². The second kappa shape index (κ2) is 6.36. The first-order valence-corrected chi connectivity index (χ1v) is 3.36. The molecule has 0 aromatic carbocycles. The second-order valence-electron chi connectivity index (χ2n) is 1.43. The zero-order valence-electron chi connectivity index (χ0n) is 4.83. The minimum atomic E-state index is -2.04. The zero-order valence-corrected chi connectivity index (χ0v) is 5.64. The van der Waals surface area contributed by atoms with Crippen LogP contribution in [0.25, 0.3) is 0 Å². The van der Waals surface area contributed by atoms with Gasteiger partial charge in [0.2, 0.25) is 0 Å². The maximum absolute atomic E-state index is 10.1. The Morgan fingerprint density at radius 1 is 1.80 bits per heavy atom. The van der Waals surface area contributed by atoms with Gasteiger partial charge in [-0.2, -0.15) is 0 Å². The summed E-state index contributed by atoms with van der Waals surface area (Å²) in [6.45, 7) is 1.38. The van der Waals surface area contributed by atoms with Crippen LogP contribution in [-0.4, -0.2) is 57.9 Å². The van der Waals surface area contributed by atoms with Crippen molar-refractivity contribution in [3.8, 4) is 0 Å². The molecule has 2 atom stereocenters. The Bertz CT molecular complexity index is 142. The van der Waals surface area contributed by atoms with Gasteiger partial charge in [0.05, 0.1) is 0 Å². The molecule has 5 nitrogen and oxygen atoms in total. The van der Waals surface area contributed by atoms with E-state index in [9.17, 15) is 9.00 Å². The Hall–Kier alpha value is 0.640. The molecule has 0 rings (SSSR count). The summed E-state index contributed by atoms with van der Waals surface area (Å²) in [6.07, 6.45) is 0. The molecule has 0 saturated heterocycles. The summed E-state index contributed by atoms with van der Waals surface area (Å²) in [5, 5.41) is 1.23. The number of rotatable bonds is 2. The monoisotopic (exact) mass is 194 g/mol. The summed E-state index contributed by atoms with van der Waals surface area (Å²) < 4.78 is 18.3. The molecule has 0 aliphatic carbocycles. The van der Waals surface area contributed by atoms with Crippen LogP contribution in [0, 0.1) is 0 Å². The third-order valence-electron chi connectivity index (χ3n) is 0.648. The van der Waals surface area contributed by atoms with Crippen molar-refractivity contribution in [3.05, 3.63) is 0 Å². The Morgan fingerprint density at radius 3 is 2.30 bits per heavy atom. The van der Waals surface area contributed by atoms with Gasteiger partial charge in [-0.25, -0.2) is 9.00 Å². The molecule has 0 heterocycles. The fourth-order valence-corrected chi connectivity index (χ4v) is 0.468. The van der Waals surface area contributed by atoms with Crippen LogP contribution in [0.3, 0.4) is 0 Å². The van der Waals surface area contributed by atoms with Gasteiger partial charge in [0.25, 0.3) is 0 Å². The summed E-state index contributed by atoms with van der Waals surface area (Å²) in [5.74, 6) is 0. The quantitative estimate of drug-likeness (QED) is 0.361. The average Bonchev–Trinajstić information content (AvgIpc) is 1.63. The molecule has 0 aliphatic heterocycles. The summed E-state index contributed by atoms with van der Waals surface area (Å²) in [4.78, 5) is 9.98. The minimum absolute atomic E-state index is 0. The first-order chi connectivity index (χ1) is 4.04. The molecule has 0 aromatic heterocycles. The molecule has 0 bridgehead atoms. The van der Waals surface area contributed by atoms with E-state index < -0.39 is 22.5 Å². The van der Waals surface area contributed by atoms with Gasteiger partial charge in [0.1, 0.15) is 5.37 Å². The van der Waals surface area contributed by atoms with E-state index in [1.54, 1.807) is 0 Å². The number of nitrogens with one attached hydrogen (secondary N) is 1. The van der Waals surface area contributed by atoms with Crippen LogP contribution in [-0.2, 0) is 11.1 Å². The predicted octanol–water partition coefficient (Wildman–Crippen LogP) is -1.69. The Labute approximate surface area is 91.0 Å². The van der Waals surface area contributed by atoms with Crippen molar-refractivity contribution < 1.29 is 13.6 Å². The van der Waals surface area contributed by atoms with Crippen molar-refractivity contribution in [1.82, 2.24) is 5.32 Å². The molecule has 0 aliphatic rings. The van der Waals surface area contributed by atoms with Crippen LogP contribution in [0.1, 0.15) is 6.92 Å². The van der Waals surface area contributed by atoms with Crippen molar-refractivity contribution in [1.29, 1.82) is 0 Å². The standard InChI is InChI=1S/C3H8N2O3S.Ca.2H/c1-2(9(7)8)5-3(4)6;;;/h2H,1H3,(H,7,8)(H3,4,5,6);;;. The number of amides is 2. The normalized spacial score (nSPS) is 14.6. The molecule has 7 heteroatoms.